The van der Waals surface area contributed by atoms with Crippen LogP contribution in [0.1, 0.15) is 15.9 Å². The molecule has 0 heterocycles. The number of ketones is 1. The Hall–Kier alpha value is -2.70. The van der Waals surface area contributed by atoms with Gasteiger partial charge in [0.15, 0.2) is 0 Å². The number of Topliss-reactive ketones (excluding diaryl/α,β-unsaturated/α-hetero) is 1. The molecule has 5 aromatic rings. The Morgan fingerprint density at radius 2 is 1.17 bits per heavy atom. The van der Waals surface area contributed by atoms with Gasteiger partial charge in [0.2, 0.25) is 5.78 Å². The van der Waals surface area contributed by atoms with Crippen LogP contribution in [-0.4, -0.2) is 61.5 Å². The Morgan fingerprint density at radius 3 is 1.81 bits per heavy atom. The van der Waals surface area contributed by atoms with E-state index in [0.29, 0.717) is 10.8 Å². The third-order valence-corrected chi connectivity index (χ3v) is 9.90. The topological polar surface area (TPSA) is 274 Å². The fourth-order valence-corrected chi connectivity index (χ4v) is 6.80. The van der Waals surface area contributed by atoms with Gasteiger partial charge < -0.3 is 29.4 Å². The summed E-state index contributed by atoms with van der Waals surface area (Å²) in [6.07, 6.45) is 0.922. The van der Waals surface area contributed by atoms with E-state index in [1.807, 2.05) is 0 Å². The van der Waals surface area contributed by atoms with E-state index in [1.54, 1.807) is 0 Å². The van der Waals surface area contributed by atoms with E-state index in [1.165, 1.54) is 66.7 Å². The average molecular weight is 805 g/mol. The van der Waals surface area contributed by atoms with Crippen molar-refractivity contribution in [2.45, 2.75) is 9.79 Å². The van der Waals surface area contributed by atoms with Gasteiger partial charge in [-0.15, -0.1) is 0 Å². The van der Waals surface area contributed by atoms with Gasteiger partial charge in [0, 0.05) is 22.3 Å². The van der Waals surface area contributed by atoms with Crippen molar-refractivity contribution in [3.63, 3.8) is 0 Å². The number of nitrogens with one attached hydrogen (secondary N) is 3. The van der Waals surface area contributed by atoms with Crippen molar-refractivity contribution in [1.82, 2.24) is 0 Å². The zero-order valence-corrected chi connectivity index (χ0v) is 36.2. The third kappa shape index (κ3) is 10.1. The minimum absolute atomic E-state index is 0. The summed E-state index contributed by atoms with van der Waals surface area (Å²) in [5.41, 5.74) is 2.18. The molecule has 2 amide bonds. The number of phenols is 1. The van der Waals surface area contributed by atoms with Crippen LogP contribution in [0.25, 0.3) is 27.6 Å². The first-order valence-electron chi connectivity index (χ1n) is 13.9. The summed E-state index contributed by atoms with van der Waals surface area (Å²) < 4.78 is 105. The Morgan fingerprint density at radius 1 is 0.623 bits per heavy atom. The second-order valence-electron chi connectivity index (χ2n) is 10.8. The Kier molecular flexibility index (Phi) is 14.3. The molecular weight excluding hydrogens is 786 g/mol. The average Bonchev–Trinajstić information content (AvgIpc) is 3.02. The number of fused-ring (bicyclic) bond motifs is 3. The van der Waals surface area contributed by atoms with Crippen LogP contribution in [0.5, 0.6) is 5.75 Å². The van der Waals surface area contributed by atoms with E-state index in [4.69, 9.17) is 0 Å². The molecule has 256 valence electrons. The number of hydrogen-bond acceptors (Lipinski definition) is 14. The molecule has 0 saturated heterocycles. The molecular formula is C31H19N4Na3O12S3. The summed E-state index contributed by atoms with van der Waals surface area (Å²) in [4.78, 5) is 24.1. The van der Waals surface area contributed by atoms with Crippen molar-refractivity contribution in [2.75, 3.05) is 16.1 Å². The monoisotopic (exact) mass is 804 g/mol. The molecule has 4 N–H and O–H groups in total. The first kappa shape index (κ1) is 44.7. The van der Waals surface area contributed by atoms with Gasteiger partial charge in [-0.1, -0.05) is 12.1 Å². The number of hydrogen-bond donors (Lipinski definition) is 4. The zero-order valence-electron chi connectivity index (χ0n) is 27.8. The predicted octanol–water partition coefficient (Wildman–Crippen LogP) is -5.29. The quantitative estimate of drug-likeness (QED) is 0.0681. The van der Waals surface area contributed by atoms with Crippen molar-refractivity contribution >= 4 is 92.6 Å². The van der Waals surface area contributed by atoms with Crippen LogP contribution in [0.2, 0.25) is 0 Å². The van der Waals surface area contributed by atoms with Gasteiger partial charge in [-0.3, -0.25) is 10.2 Å². The number of nitrogens with zero attached hydrogens (tertiary/aromatic N) is 1. The number of carbonyl (C=O) groups excluding carboxylic acids is 2. The molecule has 6 rings (SSSR count). The molecule has 0 aromatic heterocycles. The van der Waals surface area contributed by atoms with E-state index in [9.17, 15) is 53.6 Å². The van der Waals surface area contributed by atoms with Crippen LogP contribution in [0.4, 0.5) is 21.9 Å². The SMILES string of the molecule is O=C(Nc1ccc2c(c1)C=C(S(=O)(=O)[O-])/C(=N\Nc1ccc3cc(S(=O)(=O)[O-])ccc3c1)C2=O)Nc1ccc2c(O)cc(S(=O)(=O)[O-])cc2c1.[Na+].[Na+].[Na+]. The van der Waals surface area contributed by atoms with E-state index in [-0.39, 0.29) is 128 Å². The van der Waals surface area contributed by atoms with Gasteiger partial charge in [-0.05, 0) is 101 Å². The standard InChI is InChI=1S/C31H22N4O12S3.3Na/c36-27-15-24(49(42,43)44)13-18-10-20(4-7-25(18)27)32-31(38)33-21-5-8-26-19(11-21)14-28(50(45,46)47)29(30(26)37)35-34-22-3-1-17-12-23(48(39,40)41)6-2-16(17)9-22;;;/h1-15,34,36H,(H2,32,33,38)(H,39,40,41)(H,42,43,44)(H,45,46,47);;;/q;3*+1/p-3/b35-29+;;;. The maximum atomic E-state index is 13.4. The van der Waals surface area contributed by atoms with E-state index >= 15 is 0 Å². The number of amides is 2. The maximum absolute atomic E-state index is 13.4. The minimum atomic E-state index is -5.26. The van der Waals surface area contributed by atoms with Crippen molar-refractivity contribution in [1.29, 1.82) is 0 Å². The number of carbonyl (C=O) groups is 2. The fourth-order valence-electron chi connectivity index (χ4n) is 5.12. The molecule has 0 atom stereocenters. The first-order valence-corrected chi connectivity index (χ1v) is 18.1. The Labute approximate surface area is 368 Å². The summed E-state index contributed by atoms with van der Waals surface area (Å²) in [7, 11) is -14.8. The summed E-state index contributed by atoms with van der Waals surface area (Å²) in [6, 6.07) is 17.0. The van der Waals surface area contributed by atoms with Crippen LogP contribution in [-0.2, 0) is 30.4 Å². The number of allylic oxidation sites excluding steroid dienone is 1. The predicted molar refractivity (Wildman–Crippen MR) is 178 cm³/mol. The van der Waals surface area contributed by atoms with Gasteiger partial charge >= 0.3 is 94.7 Å². The number of rotatable bonds is 7. The molecule has 1 aliphatic carbocycles. The second kappa shape index (κ2) is 17.0. The molecule has 1 aliphatic rings. The van der Waals surface area contributed by atoms with Gasteiger partial charge in [0.05, 0.1) is 20.4 Å². The van der Waals surface area contributed by atoms with Crippen molar-refractivity contribution < 1.29 is 142 Å². The number of benzene rings is 5. The minimum Gasteiger partial charge on any atom is -0.744 e. The molecule has 0 unspecified atom stereocenters. The molecule has 0 radical (unpaired) electrons. The van der Waals surface area contributed by atoms with Crippen LogP contribution < -0.4 is 105 Å². The molecule has 16 nitrogen and oxygen atoms in total. The van der Waals surface area contributed by atoms with Crippen molar-refractivity contribution in [3.05, 3.63) is 101 Å². The number of hydrazone groups is 1. The molecule has 0 aliphatic heterocycles. The fraction of sp³-hybridized carbons (Fsp3) is 0. The number of urea groups is 1. The Balaban J connectivity index is 0.00000252. The van der Waals surface area contributed by atoms with Crippen LogP contribution in [0.15, 0.2) is 105 Å². The smallest absolute Gasteiger partial charge is 0.744 e. The molecule has 0 bridgehead atoms. The summed E-state index contributed by atoms with van der Waals surface area (Å²) in [6.45, 7) is 0. The van der Waals surface area contributed by atoms with Crippen LogP contribution in [0.3, 0.4) is 0 Å². The molecule has 22 heteroatoms. The molecule has 0 saturated carbocycles. The third-order valence-electron chi connectivity index (χ3n) is 7.41. The first-order chi connectivity index (χ1) is 23.4. The van der Waals surface area contributed by atoms with Crippen LogP contribution in [0, 0.1) is 0 Å². The maximum Gasteiger partial charge on any atom is 1.00 e. The summed E-state index contributed by atoms with van der Waals surface area (Å²) in [5.74, 6) is -1.38. The molecule has 0 fully saturated rings. The van der Waals surface area contributed by atoms with Crippen molar-refractivity contribution in [2.24, 2.45) is 5.10 Å². The molecule has 53 heavy (non-hydrogen) atoms. The normalized spacial score (nSPS) is 13.5. The van der Waals surface area contributed by atoms with Gasteiger partial charge in [0.1, 0.15) is 41.8 Å². The second-order valence-corrected chi connectivity index (χ2v) is 14.9. The largest absolute Gasteiger partial charge is 1.00 e. The van der Waals surface area contributed by atoms with E-state index < -0.39 is 68.3 Å². The number of aromatic hydroxyl groups is 1. The van der Waals surface area contributed by atoms with Gasteiger partial charge in [-0.25, -0.2) is 30.0 Å². The Bertz CT molecular complexity index is 2730. The molecule has 5 aromatic carbocycles. The number of phenolic OH excluding ortho intramolecular Hbond substituents is 1. The van der Waals surface area contributed by atoms with Crippen molar-refractivity contribution in [3.8, 4) is 5.75 Å². The summed E-state index contributed by atoms with van der Waals surface area (Å²) in [5, 5.41) is 20.2. The van der Waals surface area contributed by atoms with Gasteiger partial charge in [-0.2, -0.15) is 5.10 Å². The van der Waals surface area contributed by atoms with E-state index in [2.05, 4.69) is 21.2 Å². The summed E-state index contributed by atoms with van der Waals surface area (Å²) >= 11 is 0. The van der Waals surface area contributed by atoms with Crippen LogP contribution >= 0.6 is 0 Å². The zero-order chi connectivity index (χ0) is 36.2. The molecule has 0 spiro atoms. The van der Waals surface area contributed by atoms with E-state index in [0.717, 1.165) is 24.3 Å². The van der Waals surface area contributed by atoms with Gasteiger partial charge in [0.25, 0.3) is 0 Å². The number of anilines is 3.